The molecule has 0 aliphatic carbocycles. The molecular formula is C15H20N2O6. The molecule has 0 amide bonds. The van der Waals surface area contributed by atoms with Crippen LogP contribution >= 0.6 is 0 Å². The summed E-state index contributed by atoms with van der Waals surface area (Å²) in [6.07, 6.45) is -0.197. The van der Waals surface area contributed by atoms with Crippen molar-refractivity contribution >= 4 is 11.7 Å². The monoisotopic (exact) mass is 324 g/mol. The number of nitro benzene ring substituents is 1. The molecule has 8 heteroatoms. The minimum Gasteiger partial charge on any atom is -0.491 e. The topological polar surface area (TPSA) is 91.1 Å². The molecule has 8 nitrogen and oxygen atoms in total. The van der Waals surface area contributed by atoms with Crippen LogP contribution < -0.4 is 4.74 Å². The lowest BCUT2D eigenvalue weighted by Crippen LogP contribution is -2.47. The van der Waals surface area contributed by atoms with Crippen molar-refractivity contribution in [2.75, 3.05) is 39.5 Å². The average molecular weight is 324 g/mol. The fourth-order valence-corrected chi connectivity index (χ4v) is 2.29. The zero-order chi connectivity index (χ0) is 16.7. The van der Waals surface area contributed by atoms with Gasteiger partial charge in [-0.2, -0.15) is 0 Å². The Labute approximate surface area is 134 Å². The third kappa shape index (κ3) is 5.50. The predicted molar refractivity (Wildman–Crippen MR) is 81.4 cm³/mol. The summed E-state index contributed by atoms with van der Waals surface area (Å²) in [4.78, 5) is 23.7. The number of hydrogen-bond acceptors (Lipinski definition) is 7. The molecule has 1 aromatic rings. The van der Waals surface area contributed by atoms with Gasteiger partial charge in [-0.15, -0.1) is 0 Å². The number of carbonyl (C=O) groups is 1. The van der Waals surface area contributed by atoms with Crippen LogP contribution in [0.4, 0.5) is 5.69 Å². The first-order valence-electron chi connectivity index (χ1n) is 7.45. The summed E-state index contributed by atoms with van der Waals surface area (Å²) in [6.45, 7) is 4.34. The van der Waals surface area contributed by atoms with Crippen molar-refractivity contribution in [2.45, 2.75) is 13.0 Å². The Bertz CT molecular complexity index is 551. The number of morpholine rings is 1. The molecule has 1 aliphatic rings. The van der Waals surface area contributed by atoms with Crippen molar-refractivity contribution < 1.29 is 23.9 Å². The van der Waals surface area contributed by atoms with Gasteiger partial charge in [0.15, 0.2) is 0 Å². The van der Waals surface area contributed by atoms with E-state index in [2.05, 4.69) is 0 Å². The molecule has 0 radical (unpaired) electrons. The maximum atomic E-state index is 11.5. The maximum Gasteiger partial charge on any atom is 0.320 e. The molecule has 0 aromatic heterocycles. The molecule has 1 heterocycles. The van der Waals surface area contributed by atoms with Crippen molar-refractivity contribution in [3.63, 3.8) is 0 Å². The lowest BCUT2D eigenvalue weighted by Gasteiger charge is -2.31. The second-order valence-electron chi connectivity index (χ2n) is 5.10. The molecule has 1 atom stereocenters. The third-order valence-corrected chi connectivity index (χ3v) is 3.35. The van der Waals surface area contributed by atoms with E-state index in [0.29, 0.717) is 32.1 Å². The van der Waals surface area contributed by atoms with Crippen molar-refractivity contribution in [3.8, 4) is 5.75 Å². The Hall–Kier alpha value is -2.19. The number of ether oxygens (including phenoxy) is 3. The number of hydrogen-bond donors (Lipinski definition) is 0. The lowest BCUT2D eigenvalue weighted by atomic mass is 10.2. The van der Waals surface area contributed by atoms with Gasteiger partial charge in [0, 0.05) is 19.2 Å². The van der Waals surface area contributed by atoms with Gasteiger partial charge < -0.3 is 14.2 Å². The van der Waals surface area contributed by atoms with E-state index in [9.17, 15) is 14.9 Å². The first-order chi connectivity index (χ1) is 11.1. The Balaban J connectivity index is 1.82. The average Bonchev–Trinajstić information content (AvgIpc) is 2.54. The number of nitro groups is 1. The molecule has 1 aliphatic heterocycles. The normalized spacial score (nSPS) is 18.4. The number of esters is 1. The molecule has 1 unspecified atom stereocenters. The largest absolute Gasteiger partial charge is 0.491 e. The van der Waals surface area contributed by atoms with Crippen molar-refractivity contribution in [2.24, 2.45) is 0 Å². The molecule has 23 heavy (non-hydrogen) atoms. The van der Waals surface area contributed by atoms with Gasteiger partial charge in [0.1, 0.15) is 18.5 Å². The van der Waals surface area contributed by atoms with Crippen LogP contribution in [0.5, 0.6) is 5.75 Å². The molecule has 0 saturated carbocycles. The van der Waals surface area contributed by atoms with Gasteiger partial charge in [-0.05, 0) is 13.0 Å². The molecular weight excluding hydrogens is 304 g/mol. The maximum absolute atomic E-state index is 11.5. The third-order valence-electron chi connectivity index (χ3n) is 3.35. The molecule has 2 rings (SSSR count). The number of carbonyl (C=O) groups excluding carboxylic acids is 1. The smallest absolute Gasteiger partial charge is 0.320 e. The number of non-ortho nitro benzene ring substituents is 1. The van der Waals surface area contributed by atoms with Crippen molar-refractivity contribution in [3.05, 3.63) is 34.4 Å². The van der Waals surface area contributed by atoms with Crippen LogP contribution in [-0.2, 0) is 14.3 Å². The summed E-state index contributed by atoms with van der Waals surface area (Å²) in [7, 11) is 0. The Kier molecular flexibility index (Phi) is 6.30. The van der Waals surface area contributed by atoms with Crippen LogP contribution in [0.3, 0.4) is 0 Å². The van der Waals surface area contributed by atoms with Gasteiger partial charge in [0.2, 0.25) is 0 Å². The van der Waals surface area contributed by atoms with Gasteiger partial charge in [-0.3, -0.25) is 19.8 Å². The number of rotatable bonds is 7. The standard InChI is InChI=1S/C15H20N2O6/c1-2-21-15(18)10-16-6-7-22-14(9-16)11-23-13-5-3-4-12(8-13)17(19)20/h3-5,8,14H,2,6-7,9-11H2,1H3. The van der Waals surface area contributed by atoms with Crippen molar-refractivity contribution in [1.29, 1.82) is 0 Å². The Morgan fingerprint density at radius 3 is 3.09 bits per heavy atom. The minimum absolute atomic E-state index is 0.0176. The summed E-state index contributed by atoms with van der Waals surface area (Å²) in [5.74, 6) is 0.165. The summed E-state index contributed by atoms with van der Waals surface area (Å²) < 4.78 is 16.1. The number of nitrogens with zero attached hydrogens (tertiary/aromatic N) is 2. The van der Waals surface area contributed by atoms with E-state index in [1.54, 1.807) is 19.1 Å². The van der Waals surface area contributed by atoms with Gasteiger partial charge in [0.25, 0.3) is 5.69 Å². The van der Waals surface area contributed by atoms with Crippen LogP contribution in [0.2, 0.25) is 0 Å². The summed E-state index contributed by atoms with van der Waals surface area (Å²) in [6, 6.07) is 6.01. The van der Waals surface area contributed by atoms with Crippen molar-refractivity contribution in [1.82, 2.24) is 4.90 Å². The summed E-state index contributed by atoms with van der Waals surface area (Å²) in [5, 5.41) is 10.7. The lowest BCUT2D eigenvalue weighted by molar-refractivity contribution is -0.384. The molecule has 0 N–H and O–H groups in total. The van der Waals surface area contributed by atoms with Crippen LogP contribution in [0.15, 0.2) is 24.3 Å². The van der Waals surface area contributed by atoms with E-state index in [-0.39, 0.29) is 30.9 Å². The van der Waals surface area contributed by atoms with Crippen LogP contribution in [0, 0.1) is 10.1 Å². The molecule has 0 bridgehead atoms. The van der Waals surface area contributed by atoms with E-state index in [0.717, 1.165) is 0 Å². The van der Waals surface area contributed by atoms with Gasteiger partial charge in [-0.1, -0.05) is 6.07 Å². The second-order valence-corrected chi connectivity index (χ2v) is 5.10. The summed E-state index contributed by atoms with van der Waals surface area (Å²) >= 11 is 0. The first kappa shape index (κ1) is 17.2. The van der Waals surface area contributed by atoms with E-state index in [1.807, 2.05) is 4.90 Å². The van der Waals surface area contributed by atoms with E-state index < -0.39 is 4.92 Å². The highest BCUT2D eigenvalue weighted by Crippen LogP contribution is 2.19. The Morgan fingerprint density at radius 2 is 2.35 bits per heavy atom. The van der Waals surface area contributed by atoms with Gasteiger partial charge in [0.05, 0.1) is 30.7 Å². The quantitative estimate of drug-likeness (QED) is 0.423. The van der Waals surface area contributed by atoms with Gasteiger partial charge >= 0.3 is 5.97 Å². The molecule has 0 spiro atoms. The van der Waals surface area contributed by atoms with Crippen LogP contribution in [-0.4, -0.2) is 61.4 Å². The highest BCUT2D eigenvalue weighted by atomic mass is 16.6. The second kappa shape index (κ2) is 8.44. The molecule has 1 fully saturated rings. The molecule has 126 valence electrons. The van der Waals surface area contributed by atoms with Gasteiger partial charge in [-0.25, -0.2) is 0 Å². The Morgan fingerprint density at radius 1 is 1.52 bits per heavy atom. The number of benzene rings is 1. The predicted octanol–water partition coefficient (Wildman–Crippen LogP) is 1.24. The SMILES string of the molecule is CCOC(=O)CN1CCOC(COc2cccc([N+](=O)[O-])c2)C1. The zero-order valence-corrected chi connectivity index (χ0v) is 13.0. The van der Waals surface area contributed by atoms with E-state index in [4.69, 9.17) is 14.2 Å². The fourth-order valence-electron chi connectivity index (χ4n) is 2.29. The minimum atomic E-state index is -0.467. The zero-order valence-electron chi connectivity index (χ0n) is 13.0. The fraction of sp³-hybridized carbons (Fsp3) is 0.533. The first-order valence-corrected chi connectivity index (χ1v) is 7.45. The highest BCUT2D eigenvalue weighted by molar-refractivity contribution is 5.71. The van der Waals surface area contributed by atoms with E-state index in [1.165, 1.54) is 12.1 Å². The molecule has 1 saturated heterocycles. The highest BCUT2D eigenvalue weighted by Gasteiger charge is 2.23. The van der Waals surface area contributed by atoms with E-state index >= 15 is 0 Å². The van der Waals surface area contributed by atoms with Crippen LogP contribution in [0.1, 0.15) is 6.92 Å². The summed E-state index contributed by atoms with van der Waals surface area (Å²) in [5.41, 5.74) is -0.0176. The molecule has 1 aromatic carbocycles. The van der Waals surface area contributed by atoms with Crippen LogP contribution in [0.25, 0.3) is 0 Å².